The predicted molar refractivity (Wildman–Crippen MR) is 8.29 cm³/mol. The van der Waals surface area contributed by atoms with Gasteiger partial charge in [-0.15, -0.1) is 0 Å². The van der Waals surface area contributed by atoms with Crippen molar-refractivity contribution in [3.63, 3.8) is 0 Å². The van der Waals surface area contributed by atoms with Crippen LogP contribution in [0.15, 0.2) is 0 Å². The van der Waals surface area contributed by atoms with E-state index in [0.29, 0.717) is 0 Å². The van der Waals surface area contributed by atoms with Crippen LogP contribution in [0, 0.1) is 0 Å². The Hall–Kier alpha value is 0.589. The van der Waals surface area contributed by atoms with Crippen LogP contribution in [-0.2, 0) is 27.1 Å². The van der Waals surface area contributed by atoms with Gasteiger partial charge in [0, 0.05) is 17.1 Å². The first-order valence-electron chi connectivity index (χ1n) is 0.730. The summed E-state index contributed by atoms with van der Waals surface area (Å²) in [7, 11) is -5.39. The average Bonchev–Trinajstić information content (AvgIpc) is 0.722. The van der Waals surface area contributed by atoms with Crippen molar-refractivity contribution in [2.45, 2.75) is 0 Å². The van der Waals surface area contributed by atoms with Crippen molar-refractivity contribution >= 4 is 7.82 Å². The Kier molecular flexibility index (Phi) is 10.6. The van der Waals surface area contributed by atoms with Gasteiger partial charge in [0.1, 0.15) is 0 Å². The van der Waals surface area contributed by atoms with Crippen molar-refractivity contribution in [2.75, 3.05) is 0 Å². The van der Waals surface area contributed by atoms with Crippen molar-refractivity contribution in [3.05, 3.63) is 0 Å². The number of phosphoric acid groups is 1. The van der Waals surface area contributed by atoms with Gasteiger partial charge in [-0.1, -0.05) is 0 Å². The van der Waals surface area contributed by atoms with Crippen LogP contribution in [-0.4, -0.2) is 0 Å². The molecule has 5 nitrogen and oxygen atoms in total. The fraction of sp³-hybridized carbons (Fsp3) is 0. The van der Waals surface area contributed by atoms with E-state index in [0.717, 1.165) is 0 Å². The van der Waals surface area contributed by atoms with E-state index in [1.165, 1.54) is 0 Å². The number of rotatable bonds is 0. The summed E-state index contributed by atoms with van der Waals surface area (Å²) >= 11 is 0. The third-order valence-electron chi connectivity index (χ3n) is 0. The summed E-state index contributed by atoms with van der Waals surface area (Å²) in [6, 6.07) is 0. The first-order valence-corrected chi connectivity index (χ1v) is 2.19. The smallest absolute Gasteiger partial charge is 0 e. The molecule has 0 amide bonds. The van der Waals surface area contributed by atoms with E-state index in [1.54, 1.807) is 0 Å². The van der Waals surface area contributed by atoms with Gasteiger partial charge in [-0.3, -0.25) is 0 Å². The predicted octanol–water partition coefficient (Wildman–Crippen LogP) is -2.95. The van der Waals surface area contributed by atoms with Crippen molar-refractivity contribution in [1.29, 1.82) is 0 Å². The standard InChI is InChI=1S/Mn.H3O4P.O/c;1-5(2,3)4;/h;(H3,1,2,3,4);/q;;-2/p-3. The summed E-state index contributed by atoms with van der Waals surface area (Å²) in [6.45, 7) is 0. The Labute approximate surface area is 50.4 Å². The largest absolute Gasteiger partial charge is 2.00 e. The van der Waals surface area contributed by atoms with Crippen molar-refractivity contribution in [3.8, 4) is 0 Å². The quantitative estimate of drug-likeness (QED) is 0.282. The number of hydrogen-bond donors (Lipinski definition) is 0. The van der Waals surface area contributed by atoms with Gasteiger partial charge in [0.15, 0.2) is 0 Å². The second-order valence-electron chi connectivity index (χ2n) is 0.447. The van der Waals surface area contributed by atoms with E-state index in [9.17, 15) is 0 Å². The fourth-order valence-electron chi connectivity index (χ4n) is 0. The van der Waals surface area contributed by atoms with Gasteiger partial charge in [0.25, 0.3) is 0 Å². The SMILES string of the molecule is O=P([O-])([O-])[O-].[Mn].[O-2]. The van der Waals surface area contributed by atoms with Crippen LogP contribution >= 0.6 is 7.82 Å². The van der Waals surface area contributed by atoms with Crippen molar-refractivity contribution in [1.82, 2.24) is 0 Å². The van der Waals surface area contributed by atoms with Gasteiger partial charge in [-0.25, -0.2) is 0 Å². The minimum atomic E-state index is -5.39. The van der Waals surface area contributed by atoms with Crippen LogP contribution in [0.1, 0.15) is 0 Å². The Morgan fingerprint density at radius 2 is 1.14 bits per heavy atom. The van der Waals surface area contributed by atoms with Crippen molar-refractivity contribution < 1.29 is 41.8 Å². The van der Waals surface area contributed by atoms with Crippen LogP contribution in [0.25, 0.3) is 0 Å². The molecule has 0 heterocycles. The molecule has 0 bridgehead atoms. The first kappa shape index (κ1) is 15.6. The maximum Gasteiger partial charge on any atom is 0 e. The minimum absolute atomic E-state index is 0. The molecule has 0 rings (SSSR count). The van der Waals surface area contributed by atoms with Gasteiger partial charge >= 0.3 is 0 Å². The third kappa shape index (κ3) is 399. The molecule has 0 fully saturated rings. The van der Waals surface area contributed by atoms with Gasteiger partial charge < -0.3 is 24.7 Å². The molecule has 0 saturated carbocycles. The summed E-state index contributed by atoms with van der Waals surface area (Å²) in [5.41, 5.74) is 0. The molecule has 0 aromatic carbocycles. The molecular weight excluding hydrogens is 166 g/mol. The normalized spacial score (nSPS) is 8.43. The van der Waals surface area contributed by atoms with Gasteiger partial charge in [0.05, 0.1) is 0 Å². The average molecular weight is 166 g/mol. The molecule has 0 spiro atoms. The zero-order valence-corrected chi connectivity index (χ0v) is 4.94. The molecule has 0 atom stereocenters. The molecule has 0 unspecified atom stereocenters. The summed E-state index contributed by atoms with van der Waals surface area (Å²) in [6.07, 6.45) is 0. The van der Waals surface area contributed by atoms with Crippen LogP contribution in [0.2, 0.25) is 0 Å². The molecule has 0 saturated heterocycles. The van der Waals surface area contributed by atoms with E-state index in [2.05, 4.69) is 0 Å². The monoisotopic (exact) mass is 166 g/mol. The van der Waals surface area contributed by atoms with E-state index in [-0.39, 0.29) is 22.5 Å². The second kappa shape index (κ2) is 4.74. The zero-order valence-electron chi connectivity index (χ0n) is 2.87. The molecule has 0 N–H and O–H groups in total. The second-order valence-corrected chi connectivity index (χ2v) is 1.34. The van der Waals surface area contributed by atoms with E-state index in [1.807, 2.05) is 0 Å². The topological polar surface area (TPSA) is 115 Å². The van der Waals surface area contributed by atoms with Crippen LogP contribution in [0.3, 0.4) is 0 Å². The molecule has 0 aliphatic rings. The zero-order chi connectivity index (χ0) is 4.50. The molecular formula is MnO5P-5. The summed E-state index contributed by atoms with van der Waals surface area (Å²) in [5.74, 6) is 0. The summed E-state index contributed by atoms with van der Waals surface area (Å²) in [5, 5.41) is 0. The maximum atomic E-state index is 8.55. The van der Waals surface area contributed by atoms with Crippen LogP contribution in [0.5, 0.6) is 0 Å². The maximum absolute atomic E-state index is 8.55. The molecule has 7 heteroatoms. The Balaban J connectivity index is -0.0000000800. The van der Waals surface area contributed by atoms with E-state index in [4.69, 9.17) is 19.2 Å². The third-order valence-corrected chi connectivity index (χ3v) is 0. The Morgan fingerprint density at radius 3 is 1.14 bits per heavy atom. The molecule has 47 valence electrons. The summed E-state index contributed by atoms with van der Waals surface area (Å²) in [4.78, 5) is 25.6. The van der Waals surface area contributed by atoms with Crippen molar-refractivity contribution in [2.24, 2.45) is 0 Å². The minimum Gasteiger partial charge on any atom is -2.00 e. The van der Waals surface area contributed by atoms with Gasteiger partial charge in [-0.2, -0.15) is 7.82 Å². The van der Waals surface area contributed by atoms with Crippen LogP contribution in [0.4, 0.5) is 0 Å². The Morgan fingerprint density at radius 1 is 1.14 bits per heavy atom. The summed E-state index contributed by atoms with van der Waals surface area (Å²) < 4.78 is 8.55. The van der Waals surface area contributed by atoms with Crippen LogP contribution < -0.4 is 14.7 Å². The molecule has 0 aliphatic heterocycles. The van der Waals surface area contributed by atoms with E-state index >= 15 is 0 Å². The molecule has 1 radical (unpaired) electrons. The van der Waals surface area contributed by atoms with Gasteiger partial charge in [-0.05, 0) is 0 Å². The Bertz CT molecular complexity index is 54.2. The molecule has 7 heavy (non-hydrogen) atoms. The fourth-order valence-corrected chi connectivity index (χ4v) is 0. The van der Waals surface area contributed by atoms with E-state index < -0.39 is 7.82 Å². The first-order chi connectivity index (χ1) is 2.00. The molecule has 0 aliphatic carbocycles. The molecule has 0 aromatic heterocycles. The number of hydrogen-bond acceptors (Lipinski definition) is 4. The molecule has 0 aromatic rings. The van der Waals surface area contributed by atoms with Gasteiger partial charge in [0.2, 0.25) is 0 Å².